The first kappa shape index (κ1) is 13.9. The number of benzene rings is 2. The summed E-state index contributed by atoms with van der Waals surface area (Å²) in [6, 6.07) is 11.8. The average Bonchev–Trinajstić information content (AvgIpc) is 2.39. The predicted octanol–water partition coefficient (Wildman–Crippen LogP) is 1.17. The van der Waals surface area contributed by atoms with Crippen LogP contribution in [0, 0.1) is 0 Å². The summed E-state index contributed by atoms with van der Waals surface area (Å²) in [5.41, 5.74) is 11.4. The molecule has 2 rings (SSSR count). The first-order chi connectivity index (χ1) is 9.40. The maximum atomic E-state index is 12.2. The van der Waals surface area contributed by atoms with Crippen LogP contribution in [0.15, 0.2) is 53.4 Å². The molecule has 6 nitrogen and oxygen atoms in total. The minimum Gasteiger partial charge on any atom is -0.399 e. The first-order valence-corrected chi connectivity index (χ1v) is 7.15. The topological polar surface area (TPSA) is 115 Å². The highest BCUT2D eigenvalue weighted by atomic mass is 32.2. The smallest absolute Gasteiger partial charge is 0.261 e. The van der Waals surface area contributed by atoms with E-state index in [9.17, 15) is 13.2 Å². The van der Waals surface area contributed by atoms with E-state index in [0.29, 0.717) is 5.69 Å². The summed E-state index contributed by atoms with van der Waals surface area (Å²) in [4.78, 5) is 11.3. The molecule has 0 saturated carbocycles. The number of nitrogens with two attached hydrogens (primary N) is 2. The van der Waals surface area contributed by atoms with Crippen LogP contribution in [0.3, 0.4) is 0 Å². The summed E-state index contributed by atoms with van der Waals surface area (Å²) in [7, 11) is -3.80. The number of amides is 1. The number of hydrogen-bond donors (Lipinski definition) is 3. The van der Waals surface area contributed by atoms with Crippen molar-refractivity contribution in [3.63, 3.8) is 0 Å². The Labute approximate surface area is 116 Å². The van der Waals surface area contributed by atoms with Gasteiger partial charge in [-0.15, -0.1) is 0 Å². The molecule has 0 aliphatic carbocycles. The number of sulfonamides is 1. The lowest BCUT2D eigenvalue weighted by molar-refractivity contribution is 0.100. The van der Waals surface area contributed by atoms with E-state index in [2.05, 4.69) is 4.72 Å². The van der Waals surface area contributed by atoms with Crippen molar-refractivity contribution < 1.29 is 13.2 Å². The summed E-state index contributed by atoms with van der Waals surface area (Å²) < 4.78 is 26.7. The Morgan fingerprint density at radius 3 is 2.20 bits per heavy atom. The molecule has 0 fully saturated rings. The number of carbonyl (C=O) groups is 1. The van der Waals surface area contributed by atoms with Gasteiger partial charge >= 0.3 is 0 Å². The van der Waals surface area contributed by atoms with Gasteiger partial charge in [0.05, 0.1) is 16.1 Å². The number of primary amides is 1. The van der Waals surface area contributed by atoms with Crippen molar-refractivity contribution in [3.8, 4) is 0 Å². The molecule has 0 unspecified atom stereocenters. The fraction of sp³-hybridized carbons (Fsp3) is 0. The number of nitrogen functional groups attached to an aromatic ring is 1. The maximum absolute atomic E-state index is 12.2. The van der Waals surface area contributed by atoms with E-state index in [4.69, 9.17) is 11.5 Å². The zero-order valence-electron chi connectivity index (χ0n) is 10.4. The van der Waals surface area contributed by atoms with Crippen LogP contribution in [0.4, 0.5) is 11.4 Å². The van der Waals surface area contributed by atoms with Crippen LogP contribution in [0.1, 0.15) is 10.4 Å². The fourth-order valence-corrected chi connectivity index (χ4v) is 2.72. The average molecular weight is 291 g/mol. The molecule has 0 spiro atoms. The van der Waals surface area contributed by atoms with Crippen LogP contribution < -0.4 is 16.2 Å². The highest BCUT2D eigenvalue weighted by Gasteiger charge is 2.17. The van der Waals surface area contributed by atoms with E-state index < -0.39 is 15.9 Å². The van der Waals surface area contributed by atoms with Gasteiger partial charge in [0.2, 0.25) is 0 Å². The van der Waals surface area contributed by atoms with E-state index >= 15 is 0 Å². The molecule has 0 bridgehead atoms. The SMILES string of the molecule is NC(=O)c1ccccc1NS(=O)(=O)c1ccc(N)cc1. The lowest BCUT2D eigenvalue weighted by Crippen LogP contribution is -2.18. The van der Waals surface area contributed by atoms with Crippen LogP contribution in [-0.2, 0) is 10.0 Å². The van der Waals surface area contributed by atoms with Gasteiger partial charge in [-0.05, 0) is 36.4 Å². The number of rotatable bonds is 4. The third-order valence-electron chi connectivity index (χ3n) is 2.63. The summed E-state index contributed by atoms with van der Waals surface area (Å²) in [5, 5.41) is 0. The van der Waals surface area contributed by atoms with Gasteiger partial charge in [0.15, 0.2) is 0 Å². The molecular weight excluding hydrogens is 278 g/mol. The fourth-order valence-electron chi connectivity index (χ4n) is 1.64. The summed E-state index contributed by atoms with van der Waals surface area (Å²) in [6.45, 7) is 0. The highest BCUT2D eigenvalue weighted by Crippen LogP contribution is 2.20. The van der Waals surface area contributed by atoms with E-state index in [0.717, 1.165) is 0 Å². The highest BCUT2D eigenvalue weighted by molar-refractivity contribution is 7.92. The van der Waals surface area contributed by atoms with Crippen LogP contribution in [0.5, 0.6) is 0 Å². The molecule has 104 valence electrons. The van der Waals surface area contributed by atoms with Crippen molar-refractivity contribution in [1.29, 1.82) is 0 Å². The van der Waals surface area contributed by atoms with E-state index in [1.165, 1.54) is 36.4 Å². The Balaban J connectivity index is 2.38. The molecule has 5 N–H and O–H groups in total. The number of anilines is 2. The lowest BCUT2D eigenvalue weighted by atomic mass is 10.2. The molecule has 0 aliphatic rings. The third kappa shape index (κ3) is 2.89. The number of nitrogens with one attached hydrogen (secondary N) is 1. The summed E-state index contributed by atoms with van der Waals surface area (Å²) in [6.07, 6.45) is 0. The Kier molecular flexibility index (Phi) is 3.62. The zero-order chi connectivity index (χ0) is 14.8. The molecule has 0 aliphatic heterocycles. The van der Waals surface area contributed by atoms with Crippen molar-refractivity contribution in [2.75, 3.05) is 10.5 Å². The lowest BCUT2D eigenvalue weighted by Gasteiger charge is -2.10. The standard InChI is InChI=1S/C13H13N3O3S/c14-9-5-7-10(8-6-9)20(18,19)16-12-4-2-1-3-11(12)13(15)17/h1-8,16H,14H2,(H2,15,17). The second-order valence-electron chi connectivity index (χ2n) is 4.08. The molecule has 7 heteroatoms. The zero-order valence-corrected chi connectivity index (χ0v) is 11.2. The molecule has 0 atom stereocenters. The van der Waals surface area contributed by atoms with Crippen molar-refractivity contribution in [3.05, 3.63) is 54.1 Å². The van der Waals surface area contributed by atoms with Crippen molar-refractivity contribution in [2.24, 2.45) is 5.73 Å². The van der Waals surface area contributed by atoms with Gasteiger partial charge < -0.3 is 11.5 Å². The van der Waals surface area contributed by atoms with Gasteiger partial charge in [-0.1, -0.05) is 12.1 Å². The molecule has 2 aromatic carbocycles. The van der Waals surface area contributed by atoms with E-state index in [-0.39, 0.29) is 16.1 Å². The van der Waals surface area contributed by atoms with Crippen LogP contribution in [0.2, 0.25) is 0 Å². The van der Waals surface area contributed by atoms with Crippen LogP contribution in [0.25, 0.3) is 0 Å². The Morgan fingerprint density at radius 1 is 1.00 bits per heavy atom. The number of hydrogen-bond acceptors (Lipinski definition) is 4. The third-order valence-corrected chi connectivity index (χ3v) is 4.01. The van der Waals surface area contributed by atoms with Crippen molar-refractivity contribution >= 4 is 27.3 Å². The Hall–Kier alpha value is -2.54. The molecule has 20 heavy (non-hydrogen) atoms. The van der Waals surface area contributed by atoms with Gasteiger partial charge in [-0.25, -0.2) is 8.42 Å². The van der Waals surface area contributed by atoms with Gasteiger partial charge in [0, 0.05) is 5.69 Å². The molecule has 0 heterocycles. The Bertz CT molecular complexity index is 740. The van der Waals surface area contributed by atoms with Crippen molar-refractivity contribution in [1.82, 2.24) is 0 Å². The number of carbonyl (C=O) groups excluding carboxylic acids is 1. The van der Waals surface area contributed by atoms with Gasteiger partial charge in [0.25, 0.3) is 15.9 Å². The van der Waals surface area contributed by atoms with Crippen LogP contribution in [-0.4, -0.2) is 14.3 Å². The second kappa shape index (κ2) is 5.22. The van der Waals surface area contributed by atoms with E-state index in [1.54, 1.807) is 12.1 Å². The van der Waals surface area contributed by atoms with Crippen LogP contribution >= 0.6 is 0 Å². The molecule has 1 amide bonds. The second-order valence-corrected chi connectivity index (χ2v) is 5.77. The molecule has 0 aromatic heterocycles. The van der Waals surface area contributed by atoms with Gasteiger partial charge in [0.1, 0.15) is 0 Å². The normalized spacial score (nSPS) is 11.0. The van der Waals surface area contributed by atoms with Gasteiger partial charge in [-0.2, -0.15) is 0 Å². The largest absolute Gasteiger partial charge is 0.399 e. The molecule has 2 aromatic rings. The van der Waals surface area contributed by atoms with E-state index in [1.807, 2.05) is 0 Å². The predicted molar refractivity (Wildman–Crippen MR) is 76.6 cm³/mol. The minimum absolute atomic E-state index is 0.0472. The number of para-hydroxylation sites is 1. The monoisotopic (exact) mass is 291 g/mol. The quantitative estimate of drug-likeness (QED) is 0.733. The maximum Gasteiger partial charge on any atom is 0.261 e. The minimum atomic E-state index is -3.80. The summed E-state index contributed by atoms with van der Waals surface area (Å²) >= 11 is 0. The Morgan fingerprint density at radius 2 is 1.60 bits per heavy atom. The molecule has 0 saturated heterocycles. The first-order valence-electron chi connectivity index (χ1n) is 5.67. The van der Waals surface area contributed by atoms with Crippen molar-refractivity contribution in [2.45, 2.75) is 4.90 Å². The van der Waals surface area contributed by atoms with Gasteiger partial charge in [-0.3, -0.25) is 9.52 Å². The molecule has 0 radical (unpaired) electrons. The summed E-state index contributed by atoms with van der Waals surface area (Å²) in [5.74, 6) is -0.708. The molecular formula is C13H13N3O3S.